The van der Waals surface area contributed by atoms with E-state index < -0.39 is 18.1 Å². The molecule has 0 aromatic carbocycles. The summed E-state index contributed by atoms with van der Waals surface area (Å²) >= 11 is 0. The van der Waals surface area contributed by atoms with E-state index in [-0.39, 0.29) is 11.9 Å². The first kappa shape index (κ1) is 22.3. The van der Waals surface area contributed by atoms with Crippen LogP contribution >= 0.6 is 0 Å². The molecule has 29 heavy (non-hydrogen) atoms. The van der Waals surface area contributed by atoms with Crippen molar-refractivity contribution < 1.29 is 37.0 Å². The number of methoxy groups -OCH3 is 1. The fraction of sp³-hybridized carbons (Fsp3) is 0.412. The van der Waals surface area contributed by atoms with Gasteiger partial charge in [-0.3, -0.25) is 9.48 Å². The van der Waals surface area contributed by atoms with Crippen molar-refractivity contribution >= 4 is 11.9 Å². The van der Waals surface area contributed by atoms with Gasteiger partial charge in [-0.2, -0.15) is 22.7 Å². The first-order valence-corrected chi connectivity index (χ1v) is 8.28. The van der Waals surface area contributed by atoms with Crippen molar-refractivity contribution in [2.24, 2.45) is 7.05 Å². The van der Waals surface area contributed by atoms with Crippen LogP contribution in [0.3, 0.4) is 0 Å². The SMILES string of the molecule is COCC1c2c(cnn2C)CCN1C(=O)c1ccnc(F)c1.O=C(O)C(F)(F)F. The van der Waals surface area contributed by atoms with Crippen LogP contribution < -0.4 is 0 Å². The van der Waals surface area contributed by atoms with E-state index in [0.29, 0.717) is 18.7 Å². The molecule has 3 rings (SSSR count). The van der Waals surface area contributed by atoms with E-state index in [1.165, 1.54) is 12.3 Å². The van der Waals surface area contributed by atoms with Crippen LogP contribution in [0.25, 0.3) is 0 Å². The molecule has 0 aliphatic carbocycles. The number of rotatable bonds is 3. The van der Waals surface area contributed by atoms with E-state index in [4.69, 9.17) is 14.6 Å². The van der Waals surface area contributed by atoms with Crippen LogP contribution in [0.5, 0.6) is 0 Å². The van der Waals surface area contributed by atoms with Gasteiger partial charge in [-0.1, -0.05) is 0 Å². The number of amides is 1. The van der Waals surface area contributed by atoms with Gasteiger partial charge in [0.2, 0.25) is 5.95 Å². The van der Waals surface area contributed by atoms with Gasteiger partial charge in [0.1, 0.15) is 0 Å². The zero-order chi connectivity index (χ0) is 21.8. The second kappa shape index (κ2) is 8.99. The second-order valence-electron chi connectivity index (χ2n) is 6.07. The van der Waals surface area contributed by atoms with Gasteiger partial charge in [0.15, 0.2) is 0 Å². The normalized spacial score (nSPS) is 15.9. The molecule has 0 saturated heterocycles. The maximum absolute atomic E-state index is 13.3. The summed E-state index contributed by atoms with van der Waals surface area (Å²) in [4.78, 5) is 26.8. The Kier molecular flexibility index (Phi) is 6.90. The van der Waals surface area contributed by atoms with Crippen LogP contribution in [0.15, 0.2) is 24.5 Å². The van der Waals surface area contributed by atoms with Crippen molar-refractivity contribution in [3.8, 4) is 0 Å². The molecule has 0 bridgehead atoms. The molecule has 2 aromatic rings. The smallest absolute Gasteiger partial charge is 0.475 e. The number of fused-ring (bicyclic) bond motifs is 1. The fourth-order valence-electron chi connectivity index (χ4n) is 2.93. The molecular weight excluding hydrogens is 400 g/mol. The summed E-state index contributed by atoms with van der Waals surface area (Å²) < 4.78 is 52.1. The van der Waals surface area contributed by atoms with E-state index in [0.717, 1.165) is 23.7 Å². The maximum Gasteiger partial charge on any atom is 0.490 e. The summed E-state index contributed by atoms with van der Waals surface area (Å²) in [5, 5.41) is 11.4. The third-order valence-electron chi connectivity index (χ3n) is 4.18. The number of carboxylic acid groups (broad SMARTS) is 1. The molecule has 1 N–H and O–H groups in total. The zero-order valence-corrected chi connectivity index (χ0v) is 15.5. The Morgan fingerprint density at radius 2 is 2.03 bits per heavy atom. The number of nitrogens with zero attached hydrogens (tertiary/aromatic N) is 4. The van der Waals surface area contributed by atoms with Crippen LogP contribution in [-0.2, 0) is 23.0 Å². The molecule has 158 valence electrons. The minimum absolute atomic E-state index is 0.227. The largest absolute Gasteiger partial charge is 0.490 e. The van der Waals surface area contributed by atoms with E-state index in [1.54, 1.807) is 16.7 Å². The van der Waals surface area contributed by atoms with Crippen LogP contribution in [0.1, 0.15) is 27.7 Å². The second-order valence-corrected chi connectivity index (χ2v) is 6.07. The van der Waals surface area contributed by atoms with Crippen LogP contribution in [-0.4, -0.2) is 63.1 Å². The zero-order valence-electron chi connectivity index (χ0n) is 15.5. The van der Waals surface area contributed by atoms with E-state index in [2.05, 4.69) is 10.1 Å². The number of aromatic nitrogens is 3. The van der Waals surface area contributed by atoms with Gasteiger partial charge in [-0.25, -0.2) is 9.78 Å². The standard InChI is InChI=1S/C15H17FN4O2.C2HF3O2/c1-19-14-11(8-18-19)4-6-20(12(14)9-22-2)15(21)10-3-5-17-13(16)7-10;3-2(4,5)1(6)7/h3,5,7-8,12H,4,6,9H2,1-2H3;(H,6,7). The Labute approximate surface area is 162 Å². The number of aliphatic carboxylic acids is 1. The molecule has 3 heterocycles. The lowest BCUT2D eigenvalue weighted by molar-refractivity contribution is -0.192. The third-order valence-corrected chi connectivity index (χ3v) is 4.18. The van der Waals surface area contributed by atoms with Crippen molar-refractivity contribution in [1.29, 1.82) is 0 Å². The number of carbonyl (C=O) groups excluding carboxylic acids is 1. The van der Waals surface area contributed by atoms with Gasteiger partial charge in [-0.05, 0) is 18.1 Å². The molecule has 1 aliphatic heterocycles. The summed E-state index contributed by atoms with van der Waals surface area (Å²) in [7, 11) is 3.45. The monoisotopic (exact) mass is 418 g/mol. The highest BCUT2D eigenvalue weighted by molar-refractivity contribution is 5.94. The van der Waals surface area contributed by atoms with Crippen LogP contribution in [0.2, 0.25) is 0 Å². The molecule has 8 nitrogen and oxygen atoms in total. The number of pyridine rings is 1. The minimum atomic E-state index is -5.08. The Morgan fingerprint density at radius 3 is 2.59 bits per heavy atom. The average Bonchev–Trinajstić information content (AvgIpc) is 3.03. The first-order chi connectivity index (χ1) is 13.6. The molecule has 1 amide bonds. The number of hydrogen-bond donors (Lipinski definition) is 1. The molecule has 0 spiro atoms. The number of carbonyl (C=O) groups is 2. The van der Waals surface area contributed by atoms with E-state index in [1.807, 2.05) is 13.2 Å². The van der Waals surface area contributed by atoms with Gasteiger partial charge >= 0.3 is 12.1 Å². The summed E-state index contributed by atoms with van der Waals surface area (Å²) in [6.45, 7) is 0.918. The quantitative estimate of drug-likeness (QED) is 0.605. The predicted octanol–water partition coefficient (Wildman–Crippen LogP) is 1.97. The molecule has 0 radical (unpaired) electrons. The molecule has 1 aliphatic rings. The fourth-order valence-corrected chi connectivity index (χ4v) is 2.93. The summed E-state index contributed by atoms with van der Waals surface area (Å²) in [5.41, 5.74) is 2.38. The lowest BCUT2D eigenvalue weighted by Crippen LogP contribution is -2.42. The molecule has 1 atom stereocenters. The number of halogens is 4. The topological polar surface area (TPSA) is 97.5 Å². The van der Waals surface area contributed by atoms with E-state index in [9.17, 15) is 22.4 Å². The molecular formula is C17H18F4N4O4. The molecule has 2 aromatic heterocycles. The molecule has 0 fully saturated rings. The van der Waals surface area contributed by atoms with Gasteiger partial charge in [0.25, 0.3) is 5.91 Å². The number of alkyl halides is 3. The summed E-state index contributed by atoms with van der Waals surface area (Å²) in [6.07, 6.45) is -1.23. The van der Waals surface area contributed by atoms with Crippen LogP contribution in [0.4, 0.5) is 17.6 Å². The highest BCUT2D eigenvalue weighted by atomic mass is 19.4. The predicted molar refractivity (Wildman–Crippen MR) is 90.5 cm³/mol. The van der Waals surface area contributed by atoms with Gasteiger partial charge in [0, 0.05) is 38.5 Å². The van der Waals surface area contributed by atoms with Crippen molar-refractivity contribution in [1.82, 2.24) is 19.7 Å². The third kappa shape index (κ3) is 5.28. The van der Waals surface area contributed by atoms with Gasteiger partial charge in [0.05, 0.1) is 24.5 Å². The molecule has 12 heteroatoms. The number of aryl methyl sites for hydroxylation is 1. The molecule has 0 saturated carbocycles. The van der Waals surface area contributed by atoms with Crippen molar-refractivity contribution in [3.63, 3.8) is 0 Å². The lowest BCUT2D eigenvalue weighted by Gasteiger charge is -2.35. The first-order valence-electron chi connectivity index (χ1n) is 8.28. The number of hydrogen-bond acceptors (Lipinski definition) is 5. The maximum atomic E-state index is 13.3. The van der Waals surface area contributed by atoms with Gasteiger partial charge < -0.3 is 14.7 Å². The summed E-state index contributed by atoms with van der Waals surface area (Å²) in [5.74, 6) is -3.64. The van der Waals surface area contributed by atoms with Crippen molar-refractivity contribution in [3.05, 3.63) is 47.3 Å². The Hall–Kier alpha value is -3.02. The van der Waals surface area contributed by atoms with Crippen molar-refractivity contribution in [2.75, 3.05) is 20.3 Å². The molecule has 1 unspecified atom stereocenters. The Bertz CT molecular complexity index is 885. The Balaban J connectivity index is 0.000000370. The highest BCUT2D eigenvalue weighted by Crippen LogP contribution is 2.30. The van der Waals surface area contributed by atoms with E-state index >= 15 is 0 Å². The minimum Gasteiger partial charge on any atom is -0.475 e. The number of carboxylic acids is 1. The average molecular weight is 418 g/mol. The summed E-state index contributed by atoms with van der Waals surface area (Å²) in [6, 6.07) is 2.45. The lowest BCUT2D eigenvalue weighted by atomic mass is 9.99. The van der Waals surface area contributed by atoms with Gasteiger partial charge in [-0.15, -0.1) is 0 Å². The van der Waals surface area contributed by atoms with Crippen molar-refractivity contribution in [2.45, 2.75) is 18.6 Å². The van der Waals surface area contributed by atoms with Crippen LogP contribution in [0, 0.1) is 5.95 Å². The Morgan fingerprint density at radius 1 is 1.38 bits per heavy atom. The highest BCUT2D eigenvalue weighted by Gasteiger charge is 2.38. The number of ether oxygens (including phenoxy) is 1.